The minimum Gasteiger partial charge on any atom is -0.433 e. The number of nitrogens with one attached hydrogen (secondary N) is 1. The van der Waals surface area contributed by atoms with E-state index in [0.29, 0.717) is 18.4 Å². The second-order valence-electron chi connectivity index (χ2n) is 6.35. The van der Waals surface area contributed by atoms with E-state index in [1.165, 1.54) is 12.1 Å². The fourth-order valence-electron chi connectivity index (χ4n) is 2.88. The molecule has 0 bridgehead atoms. The number of ether oxygens (including phenoxy) is 1. The molecule has 2 rings (SSSR count). The molecule has 0 aliphatic carbocycles. The summed E-state index contributed by atoms with van der Waals surface area (Å²) in [5.41, 5.74) is 3.44. The van der Waals surface area contributed by atoms with Crippen LogP contribution in [0.5, 0.6) is 5.75 Å². The van der Waals surface area contributed by atoms with Gasteiger partial charge in [-0.2, -0.15) is 8.78 Å². The molecule has 0 radical (unpaired) electrons. The lowest BCUT2D eigenvalue weighted by molar-refractivity contribution is -0.158. The van der Waals surface area contributed by atoms with E-state index in [0.717, 1.165) is 29.5 Å². The van der Waals surface area contributed by atoms with Crippen LogP contribution in [0.2, 0.25) is 0 Å². The first-order valence-corrected chi connectivity index (χ1v) is 9.05. The van der Waals surface area contributed by atoms with Crippen LogP contribution in [0.4, 0.5) is 20.3 Å². The van der Waals surface area contributed by atoms with Gasteiger partial charge in [0.2, 0.25) is 0 Å². The van der Waals surface area contributed by atoms with Gasteiger partial charge < -0.3 is 15.2 Å². The lowest BCUT2D eigenvalue weighted by Crippen LogP contribution is -2.18. The van der Waals surface area contributed by atoms with Gasteiger partial charge in [-0.15, -0.1) is 0 Å². The molecule has 0 spiro atoms. The van der Waals surface area contributed by atoms with E-state index in [1.807, 2.05) is 6.07 Å². The number of hydrogen-bond acceptors (Lipinski definition) is 4. The lowest BCUT2D eigenvalue weighted by Gasteiger charge is -2.19. The number of hydrogen-bond donors (Lipinski definition) is 2. The van der Waals surface area contributed by atoms with E-state index >= 15 is 0 Å². The molecule has 2 N–H and O–H groups in total. The number of aromatic nitrogens is 1. The summed E-state index contributed by atoms with van der Waals surface area (Å²) in [6.07, 6.45) is 1.56. The van der Waals surface area contributed by atoms with Crippen LogP contribution in [0.1, 0.15) is 57.8 Å². The number of pyridine rings is 1. The Hall–Kier alpha value is -2.47. The van der Waals surface area contributed by atoms with E-state index in [4.69, 9.17) is 0 Å². The van der Waals surface area contributed by atoms with Crippen molar-refractivity contribution in [2.24, 2.45) is 0 Å². The second kappa shape index (κ2) is 8.95. The van der Waals surface area contributed by atoms with Crippen molar-refractivity contribution in [2.75, 3.05) is 5.32 Å². The quantitative estimate of drug-likeness (QED) is 0.587. The summed E-state index contributed by atoms with van der Waals surface area (Å²) < 4.78 is 30.5. The zero-order valence-electron chi connectivity index (χ0n) is 16.1. The smallest absolute Gasteiger partial charge is 0.394 e. The Labute approximate surface area is 158 Å². The number of alkyl halides is 2. The van der Waals surface area contributed by atoms with Crippen LogP contribution in [-0.4, -0.2) is 16.2 Å². The van der Waals surface area contributed by atoms with Gasteiger partial charge in [0, 0.05) is 24.4 Å². The van der Waals surface area contributed by atoms with E-state index in [1.54, 1.807) is 25.3 Å². The Morgan fingerprint density at radius 1 is 1.26 bits per heavy atom. The SMILES string of the molecule is CC/C=C(\CC)c1c(C(C)O)ccnc1Nc1ccc(OC(C)(F)F)cc1. The Morgan fingerprint density at radius 2 is 1.93 bits per heavy atom. The molecule has 27 heavy (non-hydrogen) atoms. The molecule has 0 saturated carbocycles. The summed E-state index contributed by atoms with van der Waals surface area (Å²) in [6, 6.07) is 8.05. The van der Waals surface area contributed by atoms with Crippen molar-refractivity contribution in [3.05, 3.63) is 53.7 Å². The standard InChI is InChI=1S/C21H26F2N2O2/c1-5-7-15(6-2)19-18(14(3)26)12-13-24-20(19)25-16-8-10-17(11-9-16)27-21(4,22)23/h7-14,26H,5-6H2,1-4H3,(H,24,25)/b15-7+. The second-order valence-corrected chi connectivity index (χ2v) is 6.35. The average Bonchev–Trinajstić information content (AvgIpc) is 2.60. The third-order valence-corrected chi connectivity index (χ3v) is 4.00. The number of benzene rings is 1. The highest BCUT2D eigenvalue weighted by Gasteiger charge is 2.23. The molecular formula is C21H26F2N2O2. The minimum atomic E-state index is -3.23. The van der Waals surface area contributed by atoms with Crippen LogP contribution in [0.3, 0.4) is 0 Å². The first kappa shape index (κ1) is 20.8. The predicted octanol–water partition coefficient (Wildman–Crippen LogP) is 6.07. The Balaban J connectivity index is 2.38. The molecule has 0 amide bonds. The zero-order chi connectivity index (χ0) is 20.0. The first-order valence-electron chi connectivity index (χ1n) is 9.05. The highest BCUT2D eigenvalue weighted by molar-refractivity contribution is 5.79. The summed E-state index contributed by atoms with van der Waals surface area (Å²) in [5, 5.41) is 13.4. The normalized spacial score (nSPS) is 13.4. The van der Waals surface area contributed by atoms with Crippen LogP contribution >= 0.6 is 0 Å². The van der Waals surface area contributed by atoms with Gasteiger partial charge in [0.05, 0.1) is 6.10 Å². The monoisotopic (exact) mass is 376 g/mol. The summed E-state index contributed by atoms with van der Waals surface area (Å²) in [6.45, 7) is 6.53. The molecule has 0 aliphatic heterocycles. The third kappa shape index (κ3) is 5.76. The average molecular weight is 376 g/mol. The number of aliphatic hydroxyl groups excluding tert-OH is 1. The highest BCUT2D eigenvalue weighted by atomic mass is 19.3. The van der Waals surface area contributed by atoms with Crippen LogP contribution in [0, 0.1) is 0 Å². The lowest BCUT2D eigenvalue weighted by atomic mass is 9.95. The molecule has 1 aromatic heterocycles. The van der Waals surface area contributed by atoms with Crippen molar-refractivity contribution in [3.8, 4) is 5.75 Å². The van der Waals surface area contributed by atoms with Gasteiger partial charge in [-0.1, -0.05) is 19.9 Å². The summed E-state index contributed by atoms with van der Waals surface area (Å²) in [7, 11) is 0. The molecule has 0 saturated heterocycles. The summed E-state index contributed by atoms with van der Waals surface area (Å²) >= 11 is 0. The van der Waals surface area contributed by atoms with Crippen LogP contribution < -0.4 is 10.1 Å². The van der Waals surface area contributed by atoms with Gasteiger partial charge >= 0.3 is 6.11 Å². The predicted molar refractivity (Wildman–Crippen MR) is 104 cm³/mol. The van der Waals surface area contributed by atoms with Gasteiger partial charge in [0.15, 0.2) is 0 Å². The molecule has 1 heterocycles. The fraction of sp³-hybridized carbons (Fsp3) is 0.381. The number of halogens is 2. The molecule has 4 nitrogen and oxygen atoms in total. The molecule has 1 aromatic carbocycles. The Morgan fingerprint density at radius 3 is 2.44 bits per heavy atom. The summed E-state index contributed by atoms with van der Waals surface area (Å²) in [4.78, 5) is 4.44. The van der Waals surface area contributed by atoms with Crippen LogP contribution in [-0.2, 0) is 0 Å². The van der Waals surface area contributed by atoms with Gasteiger partial charge in [-0.25, -0.2) is 4.98 Å². The zero-order valence-corrected chi connectivity index (χ0v) is 16.1. The molecule has 2 aromatic rings. The Kier molecular flexibility index (Phi) is 6.91. The molecule has 1 unspecified atom stereocenters. The van der Waals surface area contributed by atoms with E-state index in [-0.39, 0.29) is 5.75 Å². The van der Waals surface area contributed by atoms with Gasteiger partial charge in [-0.05, 0) is 61.2 Å². The topological polar surface area (TPSA) is 54.4 Å². The van der Waals surface area contributed by atoms with Crippen LogP contribution in [0.15, 0.2) is 42.6 Å². The molecule has 0 fully saturated rings. The maximum absolute atomic E-state index is 13.0. The van der Waals surface area contributed by atoms with E-state index < -0.39 is 12.2 Å². The minimum absolute atomic E-state index is 0.0825. The van der Waals surface area contributed by atoms with Crippen molar-refractivity contribution in [1.29, 1.82) is 0 Å². The molecular weight excluding hydrogens is 350 g/mol. The van der Waals surface area contributed by atoms with Gasteiger partial charge in [-0.3, -0.25) is 0 Å². The summed E-state index contributed by atoms with van der Waals surface area (Å²) in [5.74, 6) is 0.698. The maximum atomic E-state index is 13.0. The number of rotatable bonds is 8. The molecule has 146 valence electrons. The molecule has 1 atom stereocenters. The number of anilines is 2. The van der Waals surface area contributed by atoms with Crippen molar-refractivity contribution < 1.29 is 18.6 Å². The molecule has 0 aliphatic rings. The van der Waals surface area contributed by atoms with E-state index in [9.17, 15) is 13.9 Å². The van der Waals surface area contributed by atoms with Crippen molar-refractivity contribution in [1.82, 2.24) is 4.98 Å². The first-order chi connectivity index (χ1) is 12.7. The van der Waals surface area contributed by atoms with Gasteiger partial charge in [0.25, 0.3) is 0 Å². The fourth-order valence-corrected chi connectivity index (χ4v) is 2.88. The third-order valence-electron chi connectivity index (χ3n) is 4.00. The Bertz CT molecular complexity index is 782. The van der Waals surface area contributed by atoms with E-state index in [2.05, 4.69) is 35.0 Å². The van der Waals surface area contributed by atoms with Gasteiger partial charge in [0.1, 0.15) is 11.6 Å². The highest BCUT2D eigenvalue weighted by Crippen LogP contribution is 2.34. The van der Waals surface area contributed by atoms with Crippen molar-refractivity contribution in [2.45, 2.75) is 52.7 Å². The van der Waals surface area contributed by atoms with Crippen molar-refractivity contribution >= 4 is 17.1 Å². The molecule has 6 heteroatoms. The van der Waals surface area contributed by atoms with Crippen LogP contribution in [0.25, 0.3) is 5.57 Å². The number of nitrogens with zero attached hydrogens (tertiary/aromatic N) is 1. The number of aliphatic hydroxyl groups is 1. The van der Waals surface area contributed by atoms with Crippen molar-refractivity contribution in [3.63, 3.8) is 0 Å². The maximum Gasteiger partial charge on any atom is 0.394 e. The largest absolute Gasteiger partial charge is 0.433 e. The number of allylic oxidation sites excluding steroid dienone is 2.